The molecule has 1 aliphatic heterocycles. The van der Waals surface area contributed by atoms with E-state index in [0.717, 1.165) is 43.4 Å². The second-order valence-corrected chi connectivity index (χ2v) is 6.12. The van der Waals surface area contributed by atoms with E-state index in [-0.39, 0.29) is 6.03 Å². The lowest BCUT2D eigenvalue weighted by Gasteiger charge is -2.21. The number of urea groups is 1. The Morgan fingerprint density at radius 2 is 2.24 bits per heavy atom. The summed E-state index contributed by atoms with van der Waals surface area (Å²) < 4.78 is 4.32. The van der Waals surface area contributed by atoms with Gasteiger partial charge in [-0.2, -0.15) is 4.37 Å². The smallest absolute Gasteiger partial charge is 0.317 e. The van der Waals surface area contributed by atoms with Crippen molar-refractivity contribution in [2.24, 2.45) is 0 Å². The topological polar surface area (TPSA) is 61.4 Å². The van der Waals surface area contributed by atoms with Crippen LogP contribution in [0.2, 0.25) is 0 Å². The molecule has 8 heteroatoms. The fourth-order valence-electron chi connectivity index (χ4n) is 2.11. The summed E-state index contributed by atoms with van der Waals surface area (Å²) in [6, 6.07) is -0.0924. The number of nitrogens with one attached hydrogen (secondary N) is 1. The summed E-state index contributed by atoms with van der Waals surface area (Å²) in [6.07, 6.45) is 1.76. The number of carbonyl (C=O) groups is 1. The number of hydrogen-bond acceptors (Lipinski definition) is 5. The molecule has 2 amide bonds. The molecular formula is C13H20ClN5OS. The van der Waals surface area contributed by atoms with Gasteiger partial charge in [0.05, 0.1) is 6.54 Å². The van der Waals surface area contributed by atoms with Crippen molar-refractivity contribution in [3.8, 4) is 0 Å². The number of halogens is 1. The molecule has 0 radical (unpaired) electrons. The van der Waals surface area contributed by atoms with Gasteiger partial charge in [-0.05, 0) is 6.42 Å². The molecule has 0 atom stereocenters. The van der Waals surface area contributed by atoms with Crippen LogP contribution in [0.25, 0.3) is 0 Å². The zero-order valence-electron chi connectivity index (χ0n) is 12.1. The second-order valence-electron chi connectivity index (χ2n) is 4.85. The summed E-state index contributed by atoms with van der Waals surface area (Å²) in [5.41, 5.74) is 0. The van der Waals surface area contributed by atoms with Crippen molar-refractivity contribution < 1.29 is 4.79 Å². The van der Waals surface area contributed by atoms with Gasteiger partial charge in [0.1, 0.15) is 5.82 Å². The van der Waals surface area contributed by atoms with Crippen LogP contribution >= 0.6 is 23.1 Å². The first-order chi connectivity index (χ1) is 10.1. The maximum atomic E-state index is 12.0. The Labute approximate surface area is 134 Å². The van der Waals surface area contributed by atoms with Crippen LogP contribution in [0.1, 0.15) is 19.2 Å². The summed E-state index contributed by atoms with van der Waals surface area (Å²) in [7, 11) is 0. The monoisotopic (exact) mass is 329 g/mol. The predicted molar refractivity (Wildman–Crippen MR) is 86.1 cm³/mol. The molecule has 0 saturated carbocycles. The number of carbonyl (C=O) groups excluding carboxylic acids is 1. The second kappa shape index (κ2) is 7.61. The lowest BCUT2D eigenvalue weighted by Crippen LogP contribution is -2.42. The van der Waals surface area contributed by atoms with E-state index in [0.29, 0.717) is 18.1 Å². The van der Waals surface area contributed by atoms with E-state index in [9.17, 15) is 4.79 Å². The molecule has 116 valence electrons. The van der Waals surface area contributed by atoms with Crippen LogP contribution < -0.4 is 10.2 Å². The summed E-state index contributed by atoms with van der Waals surface area (Å²) in [6.45, 7) is 8.98. The molecule has 2 rings (SSSR count). The molecule has 0 spiro atoms. The van der Waals surface area contributed by atoms with Gasteiger partial charge >= 0.3 is 6.03 Å². The van der Waals surface area contributed by atoms with Crippen molar-refractivity contribution in [1.29, 1.82) is 0 Å². The van der Waals surface area contributed by atoms with Crippen molar-refractivity contribution in [1.82, 2.24) is 19.6 Å². The lowest BCUT2D eigenvalue weighted by molar-refractivity contribution is 0.202. The number of anilines is 1. The van der Waals surface area contributed by atoms with E-state index in [1.807, 2.05) is 11.8 Å². The van der Waals surface area contributed by atoms with Gasteiger partial charge in [0.15, 0.2) is 0 Å². The van der Waals surface area contributed by atoms with Gasteiger partial charge in [-0.1, -0.05) is 25.1 Å². The van der Waals surface area contributed by atoms with Crippen LogP contribution in [0.3, 0.4) is 0 Å². The van der Waals surface area contributed by atoms with E-state index in [2.05, 4.69) is 26.2 Å². The van der Waals surface area contributed by atoms with Crippen LogP contribution in [-0.4, -0.2) is 53.0 Å². The van der Waals surface area contributed by atoms with Crippen LogP contribution in [0, 0.1) is 0 Å². The molecule has 1 fully saturated rings. The molecule has 0 unspecified atom stereocenters. The van der Waals surface area contributed by atoms with Gasteiger partial charge in [-0.3, -0.25) is 0 Å². The maximum absolute atomic E-state index is 12.0. The molecule has 1 aromatic rings. The molecule has 21 heavy (non-hydrogen) atoms. The van der Waals surface area contributed by atoms with E-state index < -0.39 is 0 Å². The van der Waals surface area contributed by atoms with Crippen LogP contribution in [0.5, 0.6) is 0 Å². The molecule has 1 saturated heterocycles. The minimum absolute atomic E-state index is 0.0924. The zero-order chi connectivity index (χ0) is 15.2. The number of hydrogen-bond donors (Lipinski definition) is 1. The van der Waals surface area contributed by atoms with Gasteiger partial charge in [0.2, 0.25) is 5.13 Å². The van der Waals surface area contributed by atoms with Crippen LogP contribution in [0.4, 0.5) is 9.93 Å². The molecule has 1 aromatic heterocycles. The minimum atomic E-state index is -0.0924. The van der Waals surface area contributed by atoms with Crippen molar-refractivity contribution in [3.63, 3.8) is 0 Å². The third-order valence-corrected chi connectivity index (χ3v) is 4.21. The minimum Gasteiger partial charge on any atom is -0.345 e. The van der Waals surface area contributed by atoms with Crippen molar-refractivity contribution in [2.75, 3.05) is 37.6 Å². The highest BCUT2D eigenvalue weighted by Gasteiger charge is 2.20. The van der Waals surface area contributed by atoms with Gasteiger partial charge in [0.25, 0.3) is 0 Å². The molecule has 0 aromatic carbocycles. The first kappa shape index (κ1) is 16.0. The molecule has 1 N–H and O–H groups in total. The molecule has 0 aliphatic carbocycles. The Morgan fingerprint density at radius 3 is 2.90 bits per heavy atom. The van der Waals surface area contributed by atoms with Crippen molar-refractivity contribution in [2.45, 2.75) is 19.8 Å². The van der Waals surface area contributed by atoms with Gasteiger partial charge in [-0.25, -0.2) is 9.78 Å². The van der Waals surface area contributed by atoms with E-state index in [1.165, 1.54) is 11.5 Å². The predicted octanol–water partition coefficient (Wildman–Crippen LogP) is 2.07. The van der Waals surface area contributed by atoms with E-state index in [4.69, 9.17) is 11.6 Å². The average molecular weight is 330 g/mol. The third-order valence-electron chi connectivity index (χ3n) is 3.26. The van der Waals surface area contributed by atoms with Crippen LogP contribution in [-0.2, 0) is 6.42 Å². The first-order valence-corrected chi connectivity index (χ1v) is 8.19. The number of nitrogens with zero attached hydrogens (tertiary/aromatic N) is 4. The molecular weight excluding hydrogens is 310 g/mol. The number of aryl methyl sites for hydroxylation is 1. The first-order valence-electron chi connectivity index (χ1n) is 7.03. The fourth-order valence-corrected chi connectivity index (χ4v) is 2.98. The van der Waals surface area contributed by atoms with Gasteiger partial charge < -0.3 is 15.1 Å². The Balaban J connectivity index is 1.89. The normalized spacial score (nSPS) is 15.7. The highest BCUT2D eigenvalue weighted by molar-refractivity contribution is 7.09. The number of amides is 2. The quantitative estimate of drug-likeness (QED) is 0.918. The summed E-state index contributed by atoms with van der Waals surface area (Å²) in [5, 5.41) is 4.14. The summed E-state index contributed by atoms with van der Waals surface area (Å²) >= 11 is 7.09. The van der Waals surface area contributed by atoms with Crippen molar-refractivity contribution >= 4 is 34.3 Å². The average Bonchev–Trinajstić information content (AvgIpc) is 2.81. The third kappa shape index (κ3) is 4.57. The number of rotatable bonds is 4. The highest BCUT2D eigenvalue weighted by Crippen LogP contribution is 2.19. The zero-order valence-corrected chi connectivity index (χ0v) is 13.7. The SMILES string of the molecule is C=C(Cl)CNC(=O)N1CCCN(c2nc(CC)ns2)CC1. The largest absolute Gasteiger partial charge is 0.345 e. The highest BCUT2D eigenvalue weighted by atomic mass is 35.5. The Morgan fingerprint density at radius 1 is 1.43 bits per heavy atom. The Kier molecular flexibility index (Phi) is 5.81. The molecule has 2 heterocycles. The molecule has 1 aliphatic rings. The fraction of sp³-hybridized carbons (Fsp3) is 0.615. The van der Waals surface area contributed by atoms with E-state index >= 15 is 0 Å². The standard InChI is InChI=1S/C13H20ClN5OS/c1-3-11-16-13(21-17-11)19-6-4-5-18(7-8-19)12(20)15-9-10(2)14/h2-9H2,1H3,(H,15,20). The molecule has 6 nitrogen and oxygen atoms in total. The summed E-state index contributed by atoms with van der Waals surface area (Å²) in [4.78, 5) is 20.5. The van der Waals surface area contributed by atoms with Crippen LogP contribution in [0.15, 0.2) is 11.6 Å². The Hall–Kier alpha value is -1.34. The van der Waals surface area contributed by atoms with Crippen molar-refractivity contribution in [3.05, 3.63) is 17.4 Å². The summed E-state index contributed by atoms with van der Waals surface area (Å²) in [5.74, 6) is 0.884. The molecule has 0 bridgehead atoms. The van der Waals surface area contributed by atoms with Gasteiger partial charge in [0, 0.05) is 49.2 Å². The lowest BCUT2D eigenvalue weighted by atomic mass is 10.4. The van der Waals surface area contributed by atoms with E-state index in [1.54, 1.807) is 0 Å². The maximum Gasteiger partial charge on any atom is 0.317 e. The Bertz CT molecular complexity index is 507. The van der Waals surface area contributed by atoms with Gasteiger partial charge in [-0.15, -0.1) is 0 Å². The number of aromatic nitrogens is 2.